The molecule has 0 bridgehead atoms. The molecule has 5 nitrogen and oxygen atoms in total. The van der Waals surface area contributed by atoms with Gasteiger partial charge in [0.25, 0.3) is 0 Å². The van der Waals surface area contributed by atoms with Gasteiger partial charge in [0, 0.05) is 5.25 Å². The van der Waals surface area contributed by atoms with E-state index in [1.807, 2.05) is 6.92 Å². The van der Waals surface area contributed by atoms with Crippen LogP contribution in [0.2, 0.25) is 0 Å². The first-order valence-electron chi connectivity index (χ1n) is 6.39. The van der Waals surface area contributed by atoms with Crippen molar-refractivity contribution < 1.29 is 0 Å². The van der Waals surface area contributed by atoms with Crippen molar-refractivity contribution in [1.29, 1.82) is 5.26 Å². The number of hydrogen-bond acceptors (Lipinski definition) is 5. The van der Waals surface area contributed by atoms with E-state index in [0.29, 0.717) is 5.25 Å². The number of aryl methyl sites for hydroxylation is 1. The van der Waals surface area contributed by atoms with Gasteiger partial charge in [0.2, 0.25) is 5.16 Å². The van der Waals surface area contributed by atoms with Gasteiger partial charge in [-0.1, -0.05) is 18.7 Å². The zero-order valence-electron chi connectivity index (χ0n) is 10.9. The molecular weight excluding hydrogens is 246 g/mol. The third-order valence-electron chi connectivity index (χ3n) is 3.28. The van der Waals surface area contributed by atoms with Crippen LogP contribution in [0.25, 0.3) is 0 Å². The topological polar surface area (TPSA) is 77.4 Å². The van der Waals surface area contributed by atoms with E-state index in [1.165, 1.54) is 0 Å². The zero-order valence-corrected chi connectivity index (χ0v) is 11.7. The Labute approximate surface area is 112 Å². The highest BCUT2D eigenvalue weighted by molar-refractivity contribution is 7.99. The van der Waals surface area contributed by atoms with E-state index in [0.717, 1.165) is 43.2 Å². The van der Waals surface area contributed by atoms with E-state index in [4.69, 9.17) is 0 Å². The molecule has 2 atom stereocenters. The molecule has 2 unspecified atom stereocenters. The number of nitrogens with zero attached hydrogens (tertiary/aromatic N) is 3. The van der Waals surface area contributed by atoms with Crippen LogP contribution in [0.4, 0.5) is 0 Å². The Morgan fingerprint density at radius 1 is 1.67 bits per heavy atom. The number of thioether (sulfide) groups is 1. The Bertz CT molecular complexity index is 434. The van der Waals surface area contributed by atoms with E-state index in [9.17, 15) is 5.26 Å². The summed E-state index contributed by atoms with van der Waals surface area (Å²) in [6.45, 7) is 4.79. The minimum absolute atomic E-state index is 0.351. The van der Waals surface area contributed by atoms with Crippen molar-refractivity contribution in [2.45, 2.75) is 55.5 Å². The van der Waals surface area contributed by atoms with Crippen LogP contribution in [0.3, 0.4) is 0 Å². The van der Waals surface area contributed by atoms with Gasteiger partial charge in [-0.3, -0.25) is 10.4 Å². The summed E-state index contributed by atoms with van der Waals surface area (Å²) >= 11 is 1.68. The highest BCUT2D eigenvalue weighted by Gasteiger charge is 2.36. The molecule has 98 valence electrons. The molecule has 0 saturated heterocycles. The molecule has 1 aliphatic carbocycles. The lowest BCUT2D eigenvalue weighted by Crippen LogP contribution is -2.48. The van der Waals surface area contributed by atoms with Crippen LogP contribution in [0.1, 0.15) is 38.4 Å². The van der Waals surface area contributed by atoms with Gasteiger partial charge in [-0.15, -0.1) is 5.10 Å². The molecule has 1 heterocycles. The molecule has 0 amide bonds. The average Bonchev–Trinajstić information content (AvgIpc) is 2.75. The lowest BCUT2D eigenvalue weighted by atomic mass is 9.82. The first kappa shape index (κ1) is 13.4. The number of rotatable bonds is 4. The van der Waals surface area contributed by atoms with E-state index >= 15 is 0 Å². The van der Waals surface area contributed by atoms with E-state index in [-0.39, 0.29) is 5.54 Å². The maximum absolute atomic E-state index is 9.40. The molecule has 2 N–H and O–H groups in total. The van der Waals surface area contributed by atoms with Crippen molar-refractivity contribution >= 4 is 11.8 Å². The smallest absolute Gasteiger partial charge is 0.208 e. The summed E-state index contributed by atoms with van der Waals surface area (Å²) in [5.41, 5.74) is -0.351. The summed E-state index contributed by atoms with van der Waals surface area (Å²) in [6.07, 6.45) is 4.03. The second-order valence-corrected chi connectivity index (χ2v) is 6.03. The molecule has 2 rings (SSSR count). The van der Waals surface area contributed by atoms with Gasteiger partial charge in [0.05, 0.1) is 6.07 Å². The summed E-state index contributed by atoms with van der Waals surface area (Å²) in [6, 6.07) is 2.47. The van der Waals surface area contributed by atoms with Crippen molar-refractivity contribution in [2.75, 3.05) is 6.54 Å². The highest BCUT2D eigenvalue weighted by atomic mass is 32.2. The normalized spacial score (nSPS) is 27.9. The van der Waals surface area contributed by atoms with Crippen molar-refractivity contribution in [2.24, 2.45) is 0 Å². The minimum Gasteiger partial charge on any atom is -0.300 e. The van der Waals surface area contributed by atoms with Crippen LogP contribution in [-0.4, -0.2) is 32.5 Å². The van der Waals surface area contributed by atoms with E-state index in [1.54, 1.807) is 11.8 Å². The van der Waals surface area contributed by atoms with Crippen LogP contribution in [-0.2, 0) is 0 Å². The Kier molecular flexibility index (Phi) is 4.25. The Hall–Kier alpha value is -1.06. The number of nitrogens with one attached hydrogen (secondary N) is 2. The third-order valence-corrected chi connectivity index (χ3v) is 4.41. The number of H-pyrrole nitrogens is 1. The highest BCUT2D eigenvalue weighted by Crippen LogP contribution is 2.36. The maximum atomic E-state index is 9.40. The van der Waals surface area contributed by atoms with Gasteiger partial charge in [0.1, 0.15) is 11.4 Å². The van der Waals surface area contributed by atoms with Gasteiger partial charge in [-0.2, -0.15) is 5.26 Å². The number of nitriles is 1. The van der Waals surface area contributed by atoms with Crippen LogP contribution in [0.5, 0.6) is 0 Å². The monoisotopic (exact) mass is 265 g/mol. The fraction of sp³-hybridized carbons (Fsp3) is 0.750. The van der Waals surface area contributed by atoms with Gasteiger partial charge in [-0.05, 0) is 39.2 Å². The molecule has 1 saturated carbocycles. The molecule has 0 spiro atoms. The molecule has 1 aliphatic rings. The van der Waals surface area contributed by atoms with Gasteiger partial charge < -0.3 is 0 Å². The zero-order chi connectivity index (χ0) is 13.0. The summed E-state index contributed by atoms with van der Waals surface area (Å²) in [4.78, 5) is 4.32. The van der Waals surface area contributed by atoms with E-state index < -0.39 is 0 Å². The van der Waals surface area contributed by atoms with E-state index in [2.05, 4.69) is 33.5 Å². The first-order valence-corrected chi connectivity index (χ1v) is 7.27. The quantitative estimate of drug-likeness (QED) is 0.871. The van der Waals surface area contributed by atoms with Gasteiger partial charge in [-0.25, -0.2) is 4.98 Å². The fourth-order valence-corrected chi connectivity index (χ4v) is 3.73. The number of hydrogen-bond donors (Lipinski definition) is 2. The Balaban J connectivity index is 2.00. The van der Waals surface area contributed by atoms with Crippen LogP contribution in [0, 0.1) is 18.3 Å². The Morgan fingerprint density at radius 3 is 3.11 bits per heavy atom. The molecule has 6 heteroatoms. The van der Waals surface area contributed by atoms with Crippen molar-refractivity contribution in [3.8, 4) is 6.07 Å². The third kappa shape index (κ3) is 3.03. The van der Waals surface area contributed by atoms with Crippen LogP contribution < -0.4 is 5.32 Å². The largest absolute Gasteiger partial charge is 0.300 e. The SMILES string of the molecule is CCNC1(C#N)CCCC(Sc2n[nH]c(C)n2)C1. The lowest BCUT2D eigenvalue weighted by Gasteiger charge is -2.35. The maximum Gasteiger partial charge on any atom is 0.208 e. The summed E-state index contributed by atoms with van der Waals surface area (Å²) in [5, 5.41) is 21.0. The molecule has 1 fully saturated rings. The summed E-state index contributed by atoms with van der Waals surface area (Å²) in [5.74, 6) is 0.839. The molecule has 0 aromatic carbocycles. The molecule has 18 heavy (non-hydrogen) atoms. The molecule has 0 radical (unpaired) electrons. The standard InChI is InChI=1S/C12H19N5S/c1-3-14-12(8-13)6-4-5-10(7-12)18-11-15-9(2)16-17-11/h10,14H,3-7H2,1-2H3,(H,15,16,17). The van der Waals surface area contributed by atoms with Gasteiger partial charge >= 0.3 is 0 Å². The van der Waals surface area contributed by atoms with Crippen molar-refractivity contribution in [3.63, 3.8) is 0 Å². The second-order valence-electron chi connectivity index (χ2n) is 4.76. The lowest BCUT2D eigenvalue weighted by molar-refractivity contribution is 0.309. The molecule has 1 aromatic rings. The fourth-order valence-electron chi connectivity index (χ4n) is 2.49. The molecule has 1 aromatic heterocycles. The minimum atomic E-state index is -0.351. The van der Waals surface area contributed by atoms with Crippen molar-refractivity contribution in [1.82, 2.24) is 20.5 Å². The molecular formula is C12H19N5S. The first-order chi connectivity index (χ1) is 8.67. The summed E-state index contributed by atoms with van der Waals surface area (Å²) < 4.78 is 0. The predicted molar refractivity (Wildman–Crippen MR) is 71.3 cm³/mol. The summed E-state index contributed by atoms with van der Waals surface area (Å²) in [7, 11) is 0. The Morgan fingerprint density at radius 2 is 2.50 bits per heavy atom. The molecule has 0 aliphatic heterocycles. The number of aromatic amines is 1. The second kappa shape index (κ2) is 5.72. The predicted octanol–water partition coefficient (Wildman–Crippen LogP) is 2.02. The van der Waals surface area contributed by atoms with Crippen molar-refractivity contribution in [3.05, 3.63) is 5.82 Å². The van der Waals surface area contributed by atoms with Gasteiger partial charge in [0.15, 0.2) is 0 Å². The van der Waals surface area contributed by atoms with Crippen LogP contribution in [0.15, 0.2) is 5.16 Å². The number of aromatic nitrogens is 3. The van der Waals surface area contributed by atoms with Crippen LogP contribution >= 0.6 is 11.8 Å². The average molecular weight is 265 g/mol.